The van der Waals surface area contributed by atoms with Crippen LogP contribution in [0, 0.1) is 12.7 Å². The summed E-state index contributed by atoms with van der Waals surface area (Å²) in [5, 5.41) is 4.94. The van der Waals surface area contributed by atoms with E-state index in [-0.39, 0.29) is 11.7 Å². The molecule has 0 unspecified atom stereocenters. The highest BCUT2D eigenvalue weighted by molar-refractivity contribution is 7.07. The third-order valence-corrected chi connectivity index (χ3v) is 5.38. The lowest BCUT2D eigenvalue weighted by molar-refractivity contribution is -0.131. The third-order valence-electron chi connectivity index (χ3n) is 4.65. The standard InChI is InChI=1S/C19H19FN2OS/c1-12-16(17-8-14(20)2-5-18(17)21-12)9-19(23)22(15-3-4-15)10-13-6-7-24-11-13/h2,5-8,11,15,21H,3-4,9-10H2,1H3. The molecular formula is C19H19FN2OS. The Morgan fingerprint density at radius 3 is 2.92 bits per heavy atom. The van der Waals surface area contributed by atoms with Crippen LogP contribution in [0.2, 0.25) is 0 Å². The fourth-order valence-corrected chi connectivity index (χ4v) is 3.88. The number of hydrogen-bond acceptors (Lipinski definition) is 2. The van der Waals surface area contributed by atoms with Crippen LogP contribution in [-0.2, 0) is 17.8 Å². The van der Waals surface area contributed by atoms with Crippen LogP contribution < -0.4 is 0 Å². The van der Waals surface area contributed by atoms with Gasteiger partial charge in [-0.2, -0.15) is 11.3 Å². The number of aryl methyl sites for hydroxylation is 1. The highest BCUT2D eigenvalue weighted by Gasteiger charge is 2.33. The number of rotatable bonds is 5. The molecule has 0 aliphatic heterocycles. The highest BCUT2D eigenvalue weighted by atomic mass is 32.1. The zero-order valence-electron chi connectivity index (χ0n) is 13.5. The van der Waals surface area contributed by atoms with Crippen molar-refractivity contribution in [3.8, 4) is 0 Å². The predicted octanol–water partition coefficient (Wildman–Crippen LogP) is 4.41. The van der Waals surface area contributed by atoms with Crippen molar-refractivity contribution in [2.24, 2.45) is 0 Å². The number of amides is 1. The Kier molecular flexibility index (Phi) is 3.88. The monoisotopic (exact) mass is 342 g/mol. The minimum Gasteiger partial charge on any atom is -0.358 e. The number of thiophene rings is 1. The van der Waals surface area contributed by atoms with E-state index in [9.17, 15) is 9.18 Å². The van der Waals surface area contributed by atoms with E-state index < -0.39 is 0 Å². The Morgan fingerprint density at radius 2 is 2.21 bits per heavy atom. The summed E-state index contributed by atoms with van der Waals surface area (Å²) in [6.07, 6.45) is 2.48. The number of nitrogens with one attached hydrogen (secondary N) is 1. The van der Waals surface area contributed by atoms with Gasteiger partial charge in [-0.25, -0.2) is 4.39 Å². The van der Waals surface area contributed by atoms with Gasteiger partial charge in [-0.1, -0.05) is 0 Å². The Morgan fingerprint density at radius 1 is 1.38 bits per heavy atom. The van der Waals surface area contributed by atoms with E-state index in [4.69, 9.17) is 0 Å². The van der Waals surface area contributed by atoms with E-state index in [1.54, 1.807) is 17.4 Å². The number of H-pyrrole nitrogens is 1. The van der Waals surface area contributed by atoms with Crippen LogP contribution >= 0.6 is 11.3 Å². The highest BCUT2D eigenvalue weighted by Crippen LogP contribution is 2.31. The molecule has 3 nitrogen and oxygen atoms in total. The second-order valence-electron chi connectivity index (χ2n) is 6.48. The lowest BCUT2D eigenvalue weighted by Crippen LogP contribution is -2.33. The maximum Gasteiger partial charge on any atom is 0.227 e. The summed E-state index contributed by atoms with van der Waals surface area (Å²) in [5.74, 6) is -0.149. The molecule has 0 atom stereocenters. The zero-order chi connectivity index (χ0) is 16.7. The molecule has 1 aliphatic carbocycles. The van der Waals surface area contributed by atoms with Gasteiger partial charge in [0.2, 0.25) is 5.91 Å². The molecule has 1 fully saturated rings. The summed E-state index contributed by atoms with van der Waals surface area (Å²) in [4.78, 5) is 18.2. The third kappa shape index (κ3) is 2.96. The Hall–Kier alpha value is -2.14. The van der Waals surface area contributed by atoms with Crippen LogP contribution in [-0.4, -0.2) is 21.8 Å². The lowest BCUT2D eigenvalue weighted by Gasteiger charge is -2.22. The SMILES string of the molecule is Cc1[nH]c2ccc(F)cc2c1CC(=O)N(Cc1ccsc1)C1CC1. The molecule has 0 saturated heterocycles. The molecule has 0 bridgehead atoms. The van der Waals surface area contributed by atoms with Gasteiger partial charge in [0.1, 0.15) is 5.82 Å². The smallest absolute Gasteiger partial charge is 0.227 e. The van der Waals surface area contributed by atoms with Crippen molar-refractivity contribution < 1.29 is 9.18 Å². The molecule has 24 heavy (non-hydrogen) atoms. The molecule has 124 valence electrons. The van der Waals surface area contributed by atoms with E-state index >= 15 is 0 Å². The number of carbonyl (C=O) groups excluding carboxylic acids is 1. The first-order valence-corrected chi connectivity index (χ1v) is 9.13. The summed E-state index contributed by atoms with van der Waals surface area (Å²) in [5.41, 5.74) is 3.91. The molecule has 1 aromatic carbocycles. The number of nitrogens with zero attached hydrogens (tertiary/aromatic N) is 1. The molecule has 4 rings (SSSR count). The van der Waals surface area contributed by atoms with E-state index in [1.807, 2.05) is 17.2 Å². The number of hydrogen-bond donors (Lipinski definition) is 1. The number of halogens is 1. The maximum absolute atomic E-state index is 13.6. The number of aromatic nitrogens is 1. The van der Waals surface area contributed by atoms with Crippen LogP contribution in [0.1, 0.15) is 29.7 Å². The molecule has 5 heteroatoms. The van der Waals surface area contributed by atoms with Gasteiger partial charge < -0.3 is 9.88 Å². The molecule has 1 amide bonds. The first kappa shape index (κ1) is 15.4. The number of carbonyl (C=O) groups is 1. The minimum atomic E-state index is -0.271. The molecule has 3 aromatic rings. The molecular weight excluding hydrogens is 323 g/mol. The normalized spacial score (nSPS) is 14.2. The molecule has 1 N–H and O–H groups in total. The average molecular weight is 342 g/mol. The predicted molar refractivity (Wildman–Crippen MR) is 94.6 cm³/mol. The first-order chi connectivity index (χ1) is 11.6. The molecule has 1 saturated carbocycles. The van der Waals surface area contributed by atoms with Crippen LogP contribution in [0.3, 0.4) is 0 Å². The van der Waals surface area contributed by atoms with Gasteiger partial charge in [0.15, 0.2) is 0 Å². The quantitative estimate of drug-likeness (QED) is 0.732. The van der Waals surface area contributed by atoms with Crippen LogP contribution in [0.15, 0.2) is 35.0 Å². The van der Waals surface area contributed by atoms with Crippen molar-refractivity contribution in [1.29, 1.82) is 0 Å². The topological polar surface area (TPSA) is 36.1 Å². The van der Waals surface area contributed by atoms with Gasteiger partial charge in [-0.15, -0.1) is 0 Å². The molecule has 2 heterocycles. The molecule has 0 spiro atoms. The first-order valence-electron chi connectivity index (χ1n) is 8.19. The van der Waals surface area contributed by atoms with Crippen molar-refractivity contribution >= 4 is 28.1 Å². The maximum atomic E-state index is 13.6. The van der Waals surface area contributed by atoms with Gasteiger partial charge in [0.25, 0.3) is 0 Å². The van der Waals surface area contributed by atoms with Crippen molar-refractivity contribution in [3.05, 3.63) is 57.7 Å². The van der Waals surface area contributed by atoms with Crippen molar-refractivity contribution in [3.63, 3.8) is 0 Å². The second-order valence-corrected chi connectivity index (χ2v) is 7.26. The molecule has 1 aliphatic rings. The van der Waals surface area contributed by atoms with Gasteiger partial charge in [0, 0.05) is 29.2 Å². The van der Waals surface area contributed by atoms with E-state index in [1.165, 1.54) is 17.7 Å². The second kappa shape index (κ2) is 6.06. The van der Waals surface area contributed by atoms with Gasteiger partial charge >= 0.3 is 0 Å². The van der Waals surface area contributed by atoms with Gasteiger partial charge in [-0.05, 0) is 65.9 Å². The van der Waals surface area contributed by atoms with Crippen LogP contribution in [0.4, 0.5) is 4.39 Å². The zero-order valence-corrected chi connectivity index (χ0v) is 14.3. The number of benzene rings is 1. The van der Waals surface area contributed by atoms with E-state index in [0.717, 1.165) is 35.0 Å². The van der Waals surface area contributed by atoms with Crippen molar-refractivity contribution in [1.82, 2.24) is 9.88 Å². The summed E-state index contributed by atoms with van der Waals surface area (Å²) in [7, 11) is 0. The summed E-state index contributed by atoms with van der Waals surface area (Å²) >= 11 is 1.65. The summed E-state index contributed by atoms with van der Waals surface area (Å²) in [6, 6.07) is 7.12. The van der Waals surface area contributed by atoms with E-state index in [0.29, 0.717) is 19.0 Å². The fourth-order valence-electron chi connectivity index (χ4n) is 3.22. The molecule has 2 aromatic heterocycles. The summed E-state index contributed by atoms with van der Waals surface area (Å²) < 4.78 is 13.6. The van der Waals surface area contributed by atoms with Gasteiger partial charge in [0.05, 0.1) is 6.42 Å². The Labute approximate surface area is 144 Å². The molecule has 0 radical (unpaired) electrons. The largest absolute Gasteiger partial charge is 0.358 e. The van der Waals surface area contributed by atoms with Crippen molar-refractivity contribution in [2.45, 2.75) is 38.8 Å². The van der Waals surface area contributed by atoms with Gasteiger partial charge in [-0.3, -0.25) is 4.79 Å². The van der Waals surface area contributed by atoms with Crippen molar-refractivity contribution in [2.75, 3.05) is 0 Å². The van der Waals surface area contributed by atoms with Crippen LogP contribution in [0.25, 0.3) is 10.9 Å². The number of aromatic amines is 1. The van der Waals surface area contributed by atoms with Crippen LogP contribution in [0.5, 0.6) is 0 Å². The average Bonchev–Trinajstić information content (AvgIpc) is 3.18. The Bertz CT molecular complexity index is 880. The Balaban J connectivity index is 1.60. The fraction of sp³-hybridized carbons (Fsp3) is 0.316. The summed E-state index contributed by atoms with van der Waals surface area (Å²) in [6.45, 7) is 2.61. The minimum absolute atomic E-state index is 0.122. The van der Waals surface area contributed by atoms with E-state index in [2.05, 4.69) is 16.4 Å². The number of fused-ring (bicyclic) bond motifs is 1. The lowest BCUT2D eigenvalue weighted by atomic mass is 10.1.